The summed E-state index contributed by atoms with van der Waals surface area (Å²) in [5.74, 6) is 0.122. The number of anilines is 1. The first-order chi connectivity index (χ1) is 16.4. The molecule has 0 radical (unpaired) electrons. The highest BCUT2D eigenvalue weighted by molar-refractivity contribution is 7.89. The van der Waals surface area contributed by atoms with Gasteiger partial charge in [-0.25, -0.2) is 18.4 Å². The van der Waals surface area contributed by atoms with Crippen molar-refractivity contribution in [1.82, 2.24) is 18.7 Å². The van der Waals surface area contributed by atoms with Gasteiger partial charge in [0, 0.05) is 37.0 Å². The number of nitrogens with one attached hydrogen (secondary N) is 1. The molecule has 1 aliphatic heterocycles. The van der Waals surface area contributed by atoms with Crippen LogP contribution >= 0.6 is 11.6 Å². The molecule has 1 aliphatic rings. The zero-order valence-electron chi connectivity index (χ0n) is 18.1. The molecular formula is C24H22ClN5O3S. The molecule has 8 nitrogen and oxygen atoms in total. The van der Waals surface area contributed by atoms with Gasteiger partial charge in [0.25, 0.3) is 0 Å². The zero-order valence-corrected chi connectivity index (χ0v) is 19.7. The molecule has 0 atom stereocenters. The number of aromatic nitrogens is 3. The molecule has 1 saturated heterocycles. The topological polar surface area (TPSA) is 96.7 Å². The Bertz CT molecular complexity index is 1450. The number of halogens is 1. The third-order valence-electron chi connectivity index (χ3n) is 5.99. The summed E-state index contributed by atoms with van der Waals surface area (Å²) < 4.78 is 29.2. The van der Waals surface area contributed by atoms with Crippen LogP contribution in [0.4, 0.5) is 5.82 Å². The summed E-state index contributed by atoms with van der Waals surface area (Å²) in [7, 11) is -3.77. The van der Waals surface area contributed by atoms with E-state index >= 15 is 0 Å². The number of fused-ring (bicyclic) bond motifs is 1. The molecule has 0 unspecified atom stereocenters. The molecule has 1 fully saturated rings. The van der Waals surface area contributed by atoms with Gasteiger partial charge in [-0.2, -0.15) is 4.31 Å². The van der Waals surface area contributed by atoms with Crippen LogP contribution in [0, 0.1) is 5.92 Å². The number of hydrogen-bond acceptors (Lipinski definition) is 5. The van der Waals surface area contributed by atoms with Crippen LogP contribution in [0.1, 0.15) is 12.8 Å². The minimum Gasteiger partial charge on any atom is -0.310 e. The molecule has 1 N–H and O–H groups in total. The van der Waals surface area contributed by atoms with Gasteiger partial charge >= 0.3 is 0 Å². The van der Waals surface area contributed by atoms with Crippen molar-refractivity contribution in [1.29, 1.82) is 0 Å². The van der Waals surface area contributed by atoms with Crippen LogP contribution in [0.25, 0.3) is 16.9 Å². The Kier molecular flexibility index (Phi) is 6.07. The van der Waals surface area contributed by atoms with E-state index in [1.807, 2.05) is 59.1 Å². The van der Waals surface area contributed by atoms with Crippen molar-refractivity contribution >= 4 is 39.0 Å². The number of hydrogen-bond donors (Lipinski definition) is 1. The Morgan fingerprint density at radius 1 is 1.00 bits per heavy atom. The summed E-state index contributed by atoms with van der Waals surface area (Å²) in [6.07, 6.45) is 4.11. The normalized spacial score (nSPS) is 15.4. The van der Waals surface area contributed by atoms with Crippen LogP contribution in [0.2, 0.25) is 5.15 Å². The maximum Gasteiger partial charge on any atom is 0.246 e. The smallest absolute Gasteiger partial charge is 0.246 e. The van der Waals surface area contributed by atoms with Crippen LogP contribution in [-0.2, 0) is 14.8 Å². The second-order valence-electron chi connectivity index (χ2n) is 8.06. The molecule has 10 heteroatoms. The van der Waals surface area contributed by atoms with Crippen LogP contribution in [0.15, 0.2) is 78.0 Å². The van der Waals surface area contributed by atoms with Crippen molar-refractivity contribution < 1.29 is 13.2 Å². The van der Waals surface area contributed by atoms with E-state index in [-0.39, 0.29) is 35.0 Å². The molecule has 0 bridgehead atoms. The maximum atomic E-state index is 13.2. The fourth-order valence-electron chi connectivity index (χ4n) is 4.19. The van der Waals surface area contributed by atoms with Crippen LogP contribution in [-0.4, -0.2) is 46.1 Å². The van der Waals surface area contributed by atoms with E-state index in [0.717, 1.165) is 11.2 Å². The Hall–Kier alpha value is -3.27. The van der Waals surface area contributed by atoms with Gasteiger partial charge in [0.1, 0.15) is 27.2 Å². The van der Waals surface area contributed by atoms with Crippen molar-refractivity contribution in [2.24, 2.45) is 5.92 Å². The molecule has 5 rings (SSSR count). The van der Waals surface area contributed by atoms with Crippen LogP contribution in [0.5, 0.6) is 0 Å². The molecule has 0 aliphatic carbocycles. The minimum absolute atomic E-state index is 0.0159. The number of amides is 1. The van der Waals surface area contributed by atoms with Gasteiger partial charge in [-0.1, -0.05) is 48.0 Å². The number of carbonyl (C=O) groups excluding carboxylic acids is 1. The van der Waals surface area contributed by atoms with Gasteiger partial charge in [0.05, 0.1) is 0 Å². The minimum atomic E-state index is -3.77. The number of carbonyl (C=O) groups is 1. The molecular weight excluding hydrogens is 474 g/mol. The fourth-order valence-corrected chi connectivity index (χ4v) is 6.09. The van der Waals surface area contributed by atoms with Crippen LogP contribution in [0.3, 0.4) is 0 Å². The van der Waals surface area contributed by atoms with E-state index in [4.69, 9.17) is 16.6 Å². The first-order valence-corrected chi connectivity index (χ1v) is 12.7. The van der Waals surface area contributed by atoms with E-state index in [1.165, 1.54) is 16.6 Å². The van der Waals surface area contributed by atoms with E-state index in [0.29, 0.717) is 24.4 Å². The highest BCUT2D eigenvalue weighted by Crippen LogP contribution is 2.31. The van der Waals surface area contributed by atoms with Crippen molar-refractivity contribution in [2.75, 3.05) is 18.4 Å². The average Bonchev–Trinajstić information content (AvgIpc) is 3.23. The number of pyridine rings is 2. The SMILES string of the molecule is O=C(Nc1c(-c2ccccc2)nc2ccccn12)C1CCN(S(=O)(=O)c2cccnc2Cl)CC1. The number of imidazole rings is 1. The third-order valence-corrected chi connectivity index (χ3v) is 8.33. The Balaban J connectivity index is 1.34. The lowest BCUT2D eigenvalue weighted by Gasteiger charge is -2.30. The van der Waals surface area contributed by atoms with Gasteiger partial charge in [-0.15, -0.1) is 0 Å². The Labute approximate surface area is 202 Å². The van der Waals surface area contributed by atoms with E-state index in [9.17, 15) is 13.2 Å². The number of piperidine rings is 1. The Morgan fingerprint density at radius 2 is 1.74 bits per heavy atom. The van der Waals surface area contributed by atoms with Gasteiger partial charge in [-0.3, -0.25) is 9.20 Å². The maximum absolute atomic E-state index is 13.2. The molecule has 1 amide bonds. The molecule has 3 aromatic heterocycles. The molecule has 34 heavy (non-hydrogen) atoms. The second-order valence-corrected chi connectivity index (χ2v) is 10.3. The first kappa shape index (κ1) is 22.5. The van der Waals surface area contributed by atoms with Crippen molar-refractivity contribution in [3.8, 4) is 11.3 Å². The average molecular weight is 496 g/mol. The number of rotatable bonds is 5. The number of nitrogens with zero attached hydrogens (tertiary/aromatic N) is 4. The highest BCUT2D eigenvalue weighted by Gasteiger charge is 2.34. The van der Waals surface area contributed by atoms with Crippen molar-refractivity contribution in [3.05, 3.63) is 78.2 Å². The quantitative estimate of drug-likeness (QED) is 0.421. The summed E-state index contributed by atoms with van der Waals surface area (Å²) in [5, 5.41) is 3.01. The summed E-state index contributed by atoms with van der Waals surface area (Å²) in [4.78, 5) is 21.8. The third kappa shape index (κ3) is 4.18. The lowest BCUT2D eigenvalue weighted by atomic mass is 9.97. The number of sulfonamides is 1. The molecule has 4 aromatic rings. The van der Waals surface area contributed by atoms with Crippen molar-refractivity contribution in [3.63, 3.8) is 0 Å². The molecule has 0 spiro atoms. The fraction of sp³-hybridized carbons (Fsp3) is 0.208. The largest absolute Gasteiger partial charge is 0.310 e. The summed E-state index contributed by atoms with van der Waals surface area (Å²) in [6, 6.07) is 18.3. The summed E-state index contributed by atoms with van der Waals surface area (Å²) in [6.45, 7) is 0.453. The van der Waals surface area contributed by atoms with E-state index < -0.39 is 10.0 Å². The van der Waals surface area contributed by atoms with Gasteiger partial charge in [0.15, 0.2) is 0 Å². The monoisotopic (exact) mass is 495 g/mol. The zero-order chi connectivity index (χ0) is 23.7. The Morgan fingerprint density at radius 3 is 2.47 bits per heavy atom. The highest BCUT2D eigenvalue weighted by atomic mass is 35.5. The van der Waals surface area contributed by atoms with Crippen LogP contribution < -0.4 is 5.32 Å². The molecule has 1 aromatic carbocycles. The molecule has 174 valence electrons. The van der Waals surface area contributed by atoms with Crippen molar-refractivity contribution in [2.45, 2.75) is 17.7 Å². The predicted molar refractivity (Wildman–Crippen MR) is 130 cm³/mol. The van der Waals surface area contributed by atoms with E-state index in [1.54, 1.807) is 6.07 Å². The lowest BCUT2D eigenvalue weighted by Crippen LogP contribution is -2.41. The lowest BCUT2D eigenvalue weighted by molar-refractivity contribution is -0.120. The second kappa shape index (κ2) is 9.17. The van der Waals surface area contributed by atoms with Gasteiger partial charge in [0.2, 0.25) is 15.9 Å². The molecule has 0 saturated carbocycles. The summed E-state index contributed by atoms with van der Waals surface area (Å²) in [5.41, 5.74) is 2.31. The standard InChI is InChI=1S/C24H22ClN5O3S/c25-22-19(9-6-13-26-22)34(32,33)29-15-11-18(12-16-29)24(31)28-23-21(17-7-2-1-3-8-17)27-20-10-4-5-14-30(20)23/h1-10,13-14,18H,11-12,15-16H2,(H,28,31). The van der Waals surface area contributed by atoms with Gasteiger partial charge < -0.3 is 5.32 Å². The first-order valence-electron chi connectivity index (χ1n) is 10.9. The summed E-state index contributed by atoms with van der Waals surface area (Å²) >= 11 is 6.01. The van der Waals surface area contributed by atoms with E-state index in [2.05, 4.69) is 10.3 Å². The van der Waals surface area contributed by atoms with Gasteiger partial charge in [-0.05, 0) is 37.1 Å². The molecule has 4 heterocycles. The number of benzene rings is 1. The predicted octanol–water partition coefficient (Wildman–Crippen LogP) is 4.09.